The van der Waals surface area contributed by atoms with Gasteiger partial charge in [-0.15, -0.1) is 0 Å². The molecule has 3 aliphatic rings. The Hall–Kier alpha value is -3.10. The van der Waals surface area contributed by atoms with E-state index in [1.165, 1.54) is 27.9 Å². The predicted molar refractivity (Wildman–Crippen MR) is 118 cm³/mol. The number of ether oxygens (including phenoxy) is 1. The molecule has 0 spiro atoms. The van der Waals surface area contributed by atoms with Gasteiger partial charge in [-0.1, -0.05) is 78.9 Å². The largest absolute Gasteiger partial charge is 1.00 e. The first-order valence-corrected chi connectivity index (χ1v) is 10.6. The van der Waals surface area contributed by atoms with Crippen molar-refractivity contribution in [1.82, 2.24) is 0 Å². The third-order valence-electron chi connectivity index (χ3n) is 7.11. The lowest BCUT2D eigenvalue weighted by molar-refractivity contribution is -0.732. The number of aromatic nitrogens is 1. The quantitative estimate of drug-likeness (QED) is 0.459. The number of hydrogen-bond acceptors (Lipinski definition) is 1. The van der Waals surface area contributed by atoms with Crippen LogP contribution in [0.1, 0.15) is 46.3 Å². The van der Waals surface area contributed by atoms with Crippen molar-refractivity contribution in [3.8, 4) is 5.75 Å². The van der Waals surface area contributed by atoms with E-state index < -0.39 is 0 Å². The number of nitrogens with zero attached hydrogens (tertiary/aromatic N) is 1. The van der Waals surface area contributed by atoms with Gasteiger partial charge in [0.1, 0.15) is 5.75 Å². The van der Waals surface area contributed by atoms with Crippen molar-refractivity contribution < 1.29 is 21.7 Å². The van der Waals surface area contributed by atoms with E-state index in [1.807, 2.05) is 0 Å². The molecule has 3 aromatic carbocycles. The molecule has 154 valence electrons. The van der Waals surface area contributed by atoms with E-state index in [1.54, 1.807) is 7.11 Å². The molecule has 4 aromatic rings. The smallest absolute Gasteiger partial charge is 0.190 e. The molecule has 0 fully saturated rings. The topological polar surface area (TPSA) is 13.1 Å². The summed E-state index contributed by atoms with van der Waals surface area (Å²) in [5, 5.41) is 0. The number of hydrogen-bond donors (Lipinski definition) is 0. The van der Waals surface area contributed by atoms with Gasteiger partial charge in [-0.3, -0.25) is 0 Å². The summed E-state index contributed by atoms with van der Waals surface area (Å²) in [6.45, 7) is 0. The zero-order valence-corrected chi connectivity index (χ0v) is 18.2. The van der Waals surface area contributed by atoms with E-state index in [-0.39, 0.29) is 29.8 Å². The Balaban J connectivity index is 0.00000204. The van der Waals surface area contributed by atoms with Gasteiger partial charge in [0.25, 0.3) is 0 Å². The molecule has 0 saturated heterocycles. The van der Waals surface area contributed by atoms with Crippen LogP contribution >= 0.6 is 0 Å². The molecule has 2 unspecified atom stereocenters. The minimum Gasteiger partial charge on any atom is -1.00 e. The van der Waals surface area contributed by atoms with Gasteiger partial charge in [0.2, 0.25) is 0 Å². The average Bonchev–Trinajstić information content (AvgIpc) is 2.84. The van der Waals surface area contributed by atoms with Crippen LogP contribution in [0.2, 0.25) is 0 Å². The van der Waals surface area contributed by atoms with Gasteiger partial charge in [-0.2, -0.15) is 4.57 Å². The van der Waals surface area contributed by atoms with Gasteiger partial charge in [0, 0.05) is 35.1 Å². The third-order valence-corrected chi connectivity index (χ3v) is 7.11. The molecule has 2 nitrogen and oxygen atoms in total. The first-order chi connectivity index (χ1) is 14.8. The van der Waals surface area contributed by atoms with E-state index >= 15 is 0 Å². The van der Waals surface area contributed by atoms with Crippen LogP contribution in [-0.4, -0.2) is 7.11 Å². The Kier molecular flexibility index (Phi) is 4.83. The van der Waals surface area contributed by atoms with Gasteiger partial charge in [-0.05, 0) is 17.2 Å². The maximum atomic E-state index is 5.94. The van der Waals surface area contributed by atoms with E-state index in [2.05, 4.69) is 108 Å². The number of halogens is 1. The minimum atomic E-state index is -0.143. The predicted octanol–water partition coefficient (Wildman–Crippen LogP) is 2.41. The van der Waals surface area contributed by atoms with Crippen LogP contribution < -0.4 is 21.7 Å². The van der Waals surface area contributed by atoms with Crippen LogP contribution in [-0.2, 0) is 5.41 Å². The molecular formula is C28H24ClNO. The molecule has 0 N–H and O–H groups in total. The molecule has 0 amide bonds. The summed E-state index contributed by atoms with van der Waals surface area (Å²) in [6.07, 6.45) is 3.28. The second-order valence-electron chi connectivity index (χ2n) is 8.35. The number of benzene rings is 3. The monoisotopic (exact) mass is 425 g/mol. The molecule has 2 aliphatic heterocycles. The lowest BCUT2D eigenvalue weighted by Gasteiger charge is -2.50. The van der Waals surface area contributed by atoms with Crippen molar-refractivity contribution in [3.05, 3.63) is 131 Å². The second-order valence-corrected chi connectivity index (χ2v) is 8.35. The summed E-state index contributed by atoms with van der Waals surface area (Å²) in [5.74, 6) is 1.17. The molecule has 0 radical (unpaired) electrons. The molecule has 0 saturated carbocycles. The number of methoxy groups -OCH3 is 1. The molecule has 2 atom stereocenters. The van der Waals surface area contributed by atoms with Crippen molar-refractivity contribution in [2.75, 3.05) is 7.11 Å². The summed E-state index contributed by atoms with van der Waals surface area (Å²) < 4.78 is 8.42. The van der Waals surface area contributed by atoms with Crippen LogP contribution in [0.15, 0.2) is 103 Å². The molecule has 1 aromatic heterocycles. The maximum Gasteiger partial charge on any atom is 0.190 e. The Morgan fingerprint density at radius 1 is 0.774 bits per heavy atom. The number of rotatable bonds is 3. The summed E-state index contributed by atoms with van der Waals surface area (Å²) in [4.78, 5) is 0. The minimum absolute atomic E-state index is 0. The highest BCUT2D eigenvalue weighted by Crippen LogP contribution is 2.61. The molecule has 31 heavy (non-hydrogen) atoms. The van der Waals surface area contributed by atoms with Gasteiger partial charge in [-0.25, -0.2) is 0 Å². The normalized spacial score (nSPS) is 19.6. The molecular weight excluding hydrogens is 402 g/mol. The standard InChI is InChI=1S/C28H24NO.ClH/c1-30-25-17-10-15-22-24-19-28(20-11-4-2-5-12-20,21-13-6-3-7-14-21)27(26(22)25)23-16-8-9-18-29(23)24;/h2-18,24,27H,19H2,1H3;1H/q+1;/p-1. The number of fused-ring (bicyclic) bond motifs is 1. The molecule has 2 bridgehead atoms. The molecule has 1 aliphatic carbocycles. The molecule has 3 heteroatoms. The maximum absolute atomic E-state index is 5.94. The van der Waals surface area contributed by atoms with Crippen molar-refractivity contribution in [3.63, 3.8) is 0 Å². The SMILES string of the molecule is COc1cccc2c1C1c3cccc[n+]3C2CC1(c1ccccc1)c1ccccc1.[Cl-]. The van der Waals surface area contributed by atoms with Crippen LogP contribution in [0.25, 0.3) is 0 Å². The Bertz CT molecular complexity index is 1180. The Morgan fingerprint density at radius 2 is 1.42 bits per heavy atom. The van der Waals surface area contributed by atoms with Crippen molar-refractivity contribution in [1.29, 1.82) is 0 Å². The highest BCUT2D eigenvalue weighted by Gasteiger charge is 2.60. The van der Waals surface area contributed by atoms with E-state index in [0.717, 1.165) is 12.2 Å². The lowest BCUT2D eigenvalue weighted by atomic mass is 9.53. The van der Waals surface area contributed by atoms with Gasteiger partial charge in [0.05, 0.1) is 13.0 Å². The second kappa shape index (κ2) is 7.55. The van der Waals surface area contributed by atoms with Crippen molar-refractivity contribution >= 4 is 0 Å². The summed E-state index contributed by atoms with van der Waals surface area (Å²) in [7, 11) is 1.80. The fourth-order valence-electron chi connectivity index (χ4n) is 5.97. The highest BCUT2D eigenvalue weighted by molar-refractivity contribution is 5.58. The van der Waals surface area contributed by atoms with Crippen LogP contribution in [0.3, 0.4) is 0 Å². The van der Waals surface area contributed by atoms with E-state index in [0.29, 0.717) is 0 Å². The summed E-state index contributed by atoms with van der Waals surface area (Å²) in [5.41, 5.74) is 6.70. The summed E-state index contributed by atoms with van der Waals surface area (Å²) in [6, 6.07) is 35.5. The first kappa shape index (κ1) is 19.8. The first-order valence-electron chi connectivity index (χ1n) is 10.6. The Morgan fingerprint density at radius 3 is 2.06 bits per heavy atom. The van der Waals surface area contributed by atoms with E-state index in [9.17, 15) is 0 Å². The van der Waals surface area contributed by atoms with Crippen molar-refractivity contribution in [2.24, 2.45) is 0 Å². The average molecular weight is 426 g/mol. The van der Waals surface area contributed by atoms with Crippen LogP contribution in [0, 0.1) is 0 Å². The van der Waals surface area contributed by atoms with Gasteiger partial charge < -0.3 is 17.1 Å². The molecule has 7 rings (SSSR count). The summed E-state index contributed by atoms with van der Waals surface area (Å²) >= 11 is 0. The van der Waals surface area contributed by atoms with E-state index in [4.69, 9.17) is 4.74 Å². The molecule has 3 heterocycles. The van der Waals surface area contributed by atoms with Crippen molar-refractivity contribution in [2.45, 2.75) is 23.8 Å². The van der Waals surface area contributed by atoms with Gasteiger partial charge in [0.15, 0.2) is 17.9 Å². The van der Waals surface area contributed by atoms with Crippen LogP contribution in [0.5, 0.6) is 5.75 Å². The highest BCUT2D eigenvalue weighted by atomic mass is 35.5. The zero-order valence-electron chi connectivity index (χ0n) is 17.4. The van der Waals surface area contributed by atoms with Crippen LogP contribution in [0.4, 0.5) is 0 Å². The number of pyridine rings is 1. The third kappa shape index (κ3) is 2.68. The zero-order chi connectivity index (χ0) is 20.1. The fraction of sp³-hybridized carbons (Fsp3) is 0.179. The Labute approximate surface area is 189 Å². The lowest BCUT2D eigenvalue weighted by Crippen LogP contribution is -3.00. The van der Waals surface area contributed by atoms with Gasteiger partial charge >= 0.3 is 0 Å². The fourth-order valence-corrected chi connectivity index (χ4v) is 5.97.